The molecule has 4 nitrogen and oxygen atoms in total. The van der Waals surface area contributed by atoms with Crippen LogP contribution in [0.5, 0.6) is 0 Å². The third-order valence-electron chi connectivity index (χ3n) is 5.94. The predicted octanol–water partition coefficient (Wildman–Crippen LogP) is 3.95. The summed E-state index contributed by atoms with van der Waals surface area (Å²) in [6.45, 7) is 2.48. The van der Waals surface area contributed by atoms with Gasteiger partial charge < -0.3 is 10.2 Å². The molecule has 1 aliphatic heterocycles. The largest absolute Gasteiger partial charge is 0.333 e. The Morgan fingerprint density at radius 3 is 2.44 bits per heavy atom. The number of amides is 1. The van der Waals surface area contributed by atoms with Gasteiger partial charge in [0.1, 0.15) is 0 Å². The summed E-state index contributed by atoms with van der Waals surface area (Å²) in [4.78, 5) is 19.6. The lowest BCUT2D eigenvalue weighted by molar-refractivity contribution is -0.140. The van der Waals surface area contributed by atoms with Crippen LogP contribution in [0.2, 0.25) is 0 Å². The second kappa shape index (κ2) is 9.34. The molecule has 1 aliphatic carbocycles. The number of pyridine rings is 1. The lowest BCUT2D eigenvalue weighted by Gasteiger charge is -2.40. The number of benzene rings is 1. The zero-order chi connectivity index (χ0) is 17.8. The van der Waals surface area contributed by atoms with Crippen LogP contribution in [0.4, 0.5) is 0 Å². The van der Waals surface area contributed by atoms with Crippen molar-refractivity contribution in [2.24, 2.45) is 5.92 Å². The minimum atomic E-state index is 0. The van der Waals surface area contributed by atoms with E-state index in [1.54, 1.807) is 6.20 Å². The summed E-state index contributed by atoms with van der Waals surface area (Å²) in [7, 11) is 0. The Labute approximate surface area is 167 Å². The molecule has 0 radical (unpaired) electrons. The standard InChI is InChI=1S/C22H27N3O.ClH/c26-22(19-10-8-18(9-11-19)17-5-2-1-3-6-17)25-14-13-24-16-21(25)20-7-4-12-23-15-20;/h1-7,12,15,18-19,21,24H,8-11,13-14,16H2;1H. The average molecular weight is 386 g/mol. The van der Waals surface area contributed by atoms with Crippen LogP contribution in [0.1, 0.15) is 48.8 Å². The fourth-order valence-electron chi connectivity index (χ4n) is 4.47. The Morgan fingerprint density at radius 2 is 1.74 bits per heavy atom. The van der Waals surface area contributed by atoms with Crippen molar-refractivity contribution in [2.45, 2.75) is 37.6 Å². The number of carbonyl (C=O) groups is 1. The molecule has 0 bridgehead atoms. The summed E-state index contributed by atoms with van der Waals surface area (Å²) in [6, 6.07) is 14.9. The van der Waals surface area contributed by atoms with Crippen LogP contribution < -0.4 is 5.32 Å². The van der Waals surface area contributed by atoms with Crippen molar-refractivity contribution >= 4 is 18.3 Å². The Morgan fingerprint density at radius 1 is 1.00 bits per heavy atom. The summed E-state index contributed by atoms with van der Waals surface area (Å²) in [6.07, 6.45) is 7.92. The molecule has 5 heteroatoms. The van der Waals surface area contributed by atoms with E-state index in [2.05, 4.69) is 51.6 Å². The Balaban J connectivity index is 0.00000210. The smallest absolute Gasteiger partial charge is 0.226 e. The van der Waals surface area contributed by atoms with Gasteiger partial charge in [-0.2, -0.15) is 0 Å². The monoisotopic (exact) mass is 385 g/mol. The maximum Gasteiger partial charge on any atom is 0.226 e. The lowest BCUT2D eigenvalue weighted by Crippen LogP contribution is -2.50. The number of halogens is 1. The SMILES string of the molecule is Cl.O=C(C1CCC(c2ccccc2)CC1)N1CCNCC1c1cccnc1. The summed E-state index contributed by atoms with van der Waals surface area (Å²) >= 11 is 0. The molecule has 1 saturated heterocycles. The summed E-state index contributed by atoms with van der Waals surface area (Å²) in [5.74, 6) is 1.12. The molecular formula is C22H28ClN3O. The third-order valence-corrected chi connectivity index (χ3v) is 5.94. The first kappa shape index (κ1) is 19.8. The molecule has 2 aromatic rings. The molecule has 27 heavy (non-hydrogen) atoms. The first-order chi connectivity index (χ1) is 12.8. The topological polar surface area (TPSA) is 45.2 Å². The van der Waals surface area contributed by atoms with Crippen LogP contribution in [-0.2, 0) is 4.79 Å². The molecule has 2 aliphatic rings. The molecule has 144 valence electrons. The number of piperazine rings is 1. The van der Waals surface area contributed by atoms with E-state index in [9.17, 15) is 4.79 Å². The molecule has 1 aromatic carbocycles. The number of hydrogen-bond acceptors (Lipinski definition) is 3. The quantitative estimate of drug-likeness (QED) is 0.870. The number of nitrogens with zero attached hydrogens (tertiary/aromatic N) is 2. The molecule has 1 atom stereocenters. The zero-order valence-electron chi connectivity index (χ0n) is 15.6. The number of rotatable bonds is 3. The van der Waals surface area contributed by atoms with Crippen molar-refractivity contribution in [2.75, 3.05) is 19.6 Å². The number of aromatic nitrogens is 1. The Kier molecular flexibility index (Phi) is 6.86. The molecular weight excluding hydrogens is 358 g/mol. The maximum absolute atomic E-state index is 13.3. The van der Waals surface area contributed by atoms with E-state index in [-0.39, 0.29) is 24.4 Å². The minimum Gasteiger partial charge on any atom is -0.333 e. The molecule has 1 saturated carbocycles. The normalized spacial score (nSPS) is 25.5. The molecule has 1 unspecified atom stereocenters. The van der Waals surface area contributed by atoms with Gasteiger partial charge in [0.15, 0.2) is 0 Å². The Hall–Kier alpha value is -1.91. The van der Waals surface area contributed by atoms with Gasteiger partial charge in [0.05, 0.1) is 6.04 Å². The summed E-state index contributed by atoms with van der Waals surface area (Å²) in [5.41, 5.74) is 2.56. The minimum absolute atomic E-state index is 0. The second-order valence-electron chi connectivity index (χ2n) is 7.50. The van der Waals surface area contributed by atoms with Crippen molar-refractivity contribution in [3.05, 3.63) is 66.0 Å². The van der Waals surface area contributed by atoms with Crippen molar-refractivity contribution in [1.82, 2.24) is 15.2 Å². The van der Waals surface area contributed by atoms with Gasteiger partial charge in [-0.1, -0.05) is 36.4 Å². The fourth-order valence-corrected chi connectivity index (χ4v) is 4.47. The van der Waals surface area contributed by atoms with E-state index in [4.69, 9.17) is 0 Å². The van der Waals surface area contributed by atoms with Crippen LogP contribution in [0.25, 0.3) is 0 Å². The van der Waals surface area contributed by atoms with E-state index in [0.29, 0.717) is 11.8 Å². The molecule has 1 amide bonds. The molecule has 2 fully saturated rings. The molecule has 1 aromatic heterocycles. The van der Waals surface area contributed by atoms with Gasteiger partial charge in [-0.3, -0.25) is 9.78 Å². The van der Waals surface area contributed by atoms with Gasteiger partial charge >= 0.3 is 0 Å². The maximum atomic E-state index is 13.3. The van der Waals surface area contributed by atoms with E-state index >= 15 is 0 Å². The van der Waals surface area contributed by atoms with E-state index in [1.807, 2.05) is 12.3 Å². The van der Waals surface area contributed by atoms with Gasteiger partial charge in [-0.25, -0.2) is 0 Å². The third kappa shape index (κ3) is 4.50. The summed E-state index contributed by atoms with van der Waals surface area (Å²) < 4.78 is 0. The highest BCUT2D eigenvalue weighted by Gasteiger charge is 2.34. The molecule has 2 heterocycles. The van der Waals surface area contributed by atoms with Crippen molar-refractivity contribution in [3.63, 3.8) is 0 Å². The molecule has 4 rings (SSSR count). The fraction of sp³-hybridized carbons (Fsp3) is 0.455. The second-order valence-corrected chi connectivity index (χ2v) is 7.50. The Bertz CT molecular complexity index is 717. The lowest BCUT2D eigenvalue weighted by atomic mass is 9.78. The van der Waals surface area contributed by atoms with Crippen molar-refractivity contribution in [1.29, 1.82) is 0 Å². The number of carbonyl (C=O) groups excluding carboxylic acids is 1. The van der Waals surface area contributed by atoms with Gasteiger partial charge in [0.2, 0.25) is 5.91 Å². The van der Waals surface area contributed by atoms with Gasteiger partial charge in [0, 0.05) is 37.9 Å². The molecule has 0 spiro atoms. The van der Waals surface area contributed by atoms with Crippen molar-refractivity contribution in [3.8, 4) is 0 Å². The first-order valence-electron chi connectivity index (χ1n) is 9.79. The van der Waals surface area contributed by atoms with Gasteiger partial charge in [-0.15, -0.1) is 12.4 Å². The first-order valence-corrected chi connectivity index (χ1v) is 9.79. The molecule has 1 N–H and O–H groups in total. The van der Waals surface area contributed by atoms with E-state index in [0.717, 1.165) is 50.9 Å². The number of nitrogens with one attached hydrogen (secondary N) is 1. The highest BCUT2D eigenvalue weighted by molar-refractivity contribution is 5.85. The van der Waals surface area contributed by atoms with E-state index < -0.39 is 0 Å². The number of hydrogen-bond donors (Lipinski definition) is 1. The zero-order valence-corrected chi connectivity index (χ0v) is 16.4. The van der Waals surface area contributed by atoms with Crippen molar-refractivity contribution < 1.29 is 4.79 Å². The van der Waals surface area contributed by atoms with Gasteiger partial charge in [-0.05, 0) is 48.8 Å². The van der Waals surface area contributed by atoms with Crippen LogP contribution in [0, 0.1) is 5.92 Å². The highest BCUT2D eigenvalue weighted by atomic mass is 35.5. The van der Waals surface area contributed by atoms with Gasteiger partial charge in [0.25, 0.3) is 0 Å². The average Bonchev–Trinajstić information content (AvgIpc) is 2.75. The van der Waals surface area contributed by atoms with Crippen LogP contribution in [0.15, 0.2) is 54.9 Å². The summed E-state index contributed by atoms with van der Waals surface area (Å²) in [5, 5.41) is 3.43. The predicted molar refractivity (Wildman–Crippen MR) is 110 cm³/mol. The van der Waals surface area contributed by atoms with Crippen LogP contribution in [0.3, 0.4) is 0 Å². The van der Waals surface area contributed by atoms with Crippen LogP contribution >= 0.6 is 12.4 Å². The van der Waals surface area contributed by atoms with E-state index in [1.165, 1.54) is 5.56 Å². The highest BCUT2D eigenvalue weighted by Crippen LogP contribution is 2.37. The van der Waals surface area contributed by atoms with Crippen LogP contribution in [-0.4, -0.2) is 35.4 Å².